The van der Waals surface area contributed by atoms with E-state index in [1.54, 1.807) is 47.4 Å². The molecule has 0 radical (unpaired) electrons. The van der Waals surface area contributed by atoms with Crippen LogP contribution in [0.15, 0.2) is 157 Å². The summed E-state index contributed by atoms with van der Waals surface area (Å²) >= 11 is 7.50. The van der Waals surface area contributed by atoms with Crippen LogP contribution in [0.5, 0.6) is 11.5 Å². The molecule has 0 amide bonds. The molecule has 0 spiro atoms. The minimum Gasteiger partial charge on any atom is -0.468 e. The molecule has 1 heterocycles. The highest BCUT2D eigenvalue weighted by Crippen LogP contribution is 2.36. The van der Waals surface area contributed by atoms with Gasteiger partial charge in [0, 0.05) is 36.4 Å². The third-order valence-corrected chi connectivity index (χ3v) is 11.3. The molecule has 0 aliphatic carbocycles. The van der Waals surface area contributed by atoms with E-state index in [0.29, 0.717) is 35.5 Å². The Labute approximate surface area is 396 Å². The fraction of sp³-hybridized carbons (Fsp3) is 0.283. The fourth-order valence-corrected chi connectivity index (χ4v) is 7.81. The molecule has 66 heavy (non-hydrogen) atoms. The zero-order valence-corrected chi connectivity index (χ0v) is 39.0. The first-order valence-corrected chi connectivity index (χ1v) is 23.0. The molecule has 2 atom stereocenters. The van der Waals surface area contributed by atoms with Crippen molar-refractivity contribution in [1.29, 1.82) is 0 Å². The summed E-state index contributed by atoms with van der Waals surface area (Å²) in [5.74, 6) is -4.48. The summed E-state index contributed by atoms with van der Waals surface area (Å²) in [7, 11) is 1.27. The zero-order valence-electron chi connectivity index (χ0n) is 37.5. The first-order valence-electron chi connectivity index (χ1n) is 21.7. The Kier molecular flexibility index (Phi) is 23.2. The quantitative estimate of drug-likeness (QED) is 0.0311. The number of carbonyl (C=O) groups excluding carboxylic acids is 6. The van der Waals surface area contributed by atoms with Crippen LogP contribution in [0, 0.1) is 0 Å². The molecule has 0 N–H and O–H groups in total. The van der Waals surface area contributed by atoms with E-state index in [9.17, 15) is 28.8 Å². The van der Waals surface area contributed by atoms with Gasteiger partial charge in [-0.3, -0.25) is 14.5 Å². The van der Waals surface area contributed by atoms with Gasteiger partial charge in [-0.15, -0.1) is 0 Å². The van der Waals surface area contributed by atoms with Crippen LogP contribution in [-0.4, -0.2) is 65.3 Å². The number of allylic oxidation sites excluding steroid dienone is 11. The van der Waals surface area contributed by atoms with E-state index < -0.39 is 41.1 Å². The molecule has 0 saturated carbocycles. The van der Waals surface area contributed by atoms with Gasteiger partial charge in [0.25, 0.3) is 0 Å². The maximum Gasteiger partial charge on any atom is 0.349 e. The second kappa shape index (κ2) is 29.2. The van der Waals surface area contributed by atoms with Gasteiger partial charge in [-0.1, -0.05) is 146 Å². The van der Waals surface area contributed by atoms with Crippen LogP contribution in [0.2, 0.25) is 5.02 Å². The molecule has 1 saturated heterocycles. The molecule has 0 bridgehead atoms. The molecule has 3 aromatic rings. The van der Waals surface area contributed by atoms with Crippen molar-refractivity contribution in [2.45, 2.75) is 76.5 Å². The van der Waals surface area contributed by atoms with Crippen LogP contribution >= 0.6 is 23.4 Å². The SMILES string of the molecule is CC/C=C\C/C=C\C/C=C\C/C=C\C/C=C\C/C=C\CC(=O)Oc1ccccc1C(=O)Oc1ccccc1C(=O)OC(=O)/C=C1/CN([C@H](C(=O)OC)c2ccccc2Cl)CCC1SC(C)=O. The van der Waals surface area contributed by atoms with Crippen molar-refractivity contribution in [3.8, 4) is 11.5 Å². The topological polar surface area (TPSA) is 143 Å². The molecule has 13 heteroatoms. The Hall–Kier alpha value is -6.34. The predicted molar refractivity (Wildman–Crippen MR) is 259 cm³/mol. The molecular formula is C53H56ClNO10S. The third-order valence-electron chi connectivity index (χ3n) is 9.79. The van der Waals surface area contributed by atoms with Crippen molar-refractivity contribution in [3.63, 3.8) is 0 Å². The second-order valence-corrected chi connectivity index (χ2v) is 16.5. The van der Waals surface area contributed by atoms with E-state index in [4.69, 9.17) is 30.5 Å². The predicted octanol–water partition coefficient (Wildman–Crippen LogP) is 11.4. The van der Waals surface area contributed by atoms with Crippen molar-refractivity contribution in [2.24, 2.45) is 0 Å². The highest BCUT2D eigenvalue weighted by atomic mass is 35.5. The summed E-state index contributed by atoms with van der Waals surface area (Å²) in [5, 5.41) is -0.278. The van der Waals surface area contributed by atoms with E-state index in [1.165, 1.54) is 50.4 Å². The number of halogens is 1. The smallest absolute Gasteiger partial charge is 0.349 e. The van der Waals surface area contributed by atoms with Crippen molar-refractivity contribution in [3.05, 3.63) is 179 Å². The molecule has 1 aliphatic heterocycles. The van der Waals surface area contributed by atoms with Crippen molar-refractivity contribution < 1.29 is 47.7 Å². The van der Waals surface area contributed by atoms with Crippen molar-refractivity contribution in [2.75, 3.05) is 20.2 Å². The number of nitrogens with zero attached hydrogens (tertiary/aromatic N) is 1. The lowest BCUT2D eigenvalue weighted by Gasteiger charge is -2.37. The van der Waals surface area contributed by atoms with Gasteiger partial charge in [0.15, 0.2) is 5.12 Å². The molecule has 4 rings (SSSR count). The number of rotatable bonds is 22. The number of thioether (sulfide) groups is 1. The van der Waals surface area contributed by atoms with Crippen molar-refractivity contribution >= 4 is 58.3 Å². The maximum atomic E-state index is 13.5. The van der Waals surface area contributed by atoms with Crippen LogP contribution in [0.3, 0.4) is 0 Å². The molecule has 3 aromatic carbocycles. The minimum atomic E-state index is -1.11. The molecular weight excluding hydrogens is 878 g/mol. The normalized spacial score (nSPS) is 15.6. The summed E-state index contributed by atoms with van der Waals surface area (Å²) in [4.78, 5) is 80.0. The largest absolute Gasteiger partial charge is 0.468 e. The maximum absolute atomic E-state index is 13.5. The molecule has 1 aliphatic rings. The van der Waals surface area contributed by atoms with Crippen LogP contribution in [0.25, 0.3) is 0 Å². The Morgan fingerprint density at radius 3 is 1.77 bits per heavy atom. The number of carbonyl (C=O) groups is 6. The van der Waals surface area contributed by atoms with Crippen molar-refractivity contribution in [1.82, 2.24) is 4.90 Å². The number of esters is 5. The number of likely N-dealkylation sites (tertiary alicyclic amines) is 1. The zero-order chi connectivity index (χ0) is 47.5. The average Bonchev–Trinajstić information content (AvgIpc) is 3.30. The lowest BCUT2D eigenvalue weighted by molar-refractivity contribution is -0.147. The highest BCUT2D eigenvalue weighted by molar-refractivity contribution is 8.14. The Bertz CT molecular complexity index is 2360. The van der Waals surface area contributed by atoms with Gasteiger partial charge in [0.05, 0.1) is 13.5 Å². The number of piperidine rings is 1. The van der Waals surface area contributed by atoms with E-state index in [0.717, 1.165) is 49.9 Å². The average molecular weight is 935 g/mol. The molecule has 1 fully saturated rings. The van der Waals surface area contributed by atoms with E-state index in [-0.39, 0.29) is 40.7 Å². The first kappa shape index (κ1) is 52.3. The Morgan fingerprint density at radius 2 is 1.21 bits per heavy atom. The van der Waals surface area contributed by atoms with Crippen LogP contribution in [0.1, 0.15) is 97.5 Å². The summed E-state index contributed by atoms with van der Waals surface area (Å²) in [6.45, 7) is 3.96. The Morgan fingerprint density at radius 1 is 0.697 bits per heavy atom. The summed E-state index contributed by atoms with van der Waals surface area (Å²) in [6, 6.07) is 17.7. The number of hydrogen-bond donors (Lipinski definition) is 0. The Balaban J connectivity index is 1.32. The lowest BCUT2D eigenvalue weighted by Crippen LogP contribution is -2.43. The number of methoxy groups -OCH3 is 1. The monoisotopic (exact) mass is 933 g/mol. The summed E-state index contributed by atoms with van der Waals surface area (Å²) in [6.07, 6.45) is 31.6. The van der Waals surface area contributed by atoms with Gasteiger partial charge in [-0.25, -0.2) is 19.2 Å². The standard InChI is InChI=1S/C53H56ClNO10S/c1-4-5-6-7-8-9-10-11-12-13-14-15-16-17-18-19-20-21-34-48(57)63-45-32-26-23-29-42(45)51(59)64-46-33-27-24-30-43(46)52(60)65-49(58)37-40-38-55(36-35-47(40)66-39(2)56)50(53(61)62-3)41-28-22-25-31-44(41)54/h5-6,8-9,11-12,14-15,17-18,20-33,37,47,50H,4,7,10,13,16,19,34-36,38H2,1-3H3/b6-5-,9-8-,12-11-,15-14-,18-17-,21-20-,40-37-/t47?,50-/m0/s1. The number of para-hydroxylation sites is 2. The molecule has 11 nitrogen and oxygen atoms in total. The van der Waals surface area contributed by atoms with Gasteiger partial charge in [-0.05, 0) is 86.4 Å². The highest BCUT2D eigenvalue weighted by Gasteiger charge is 2.36. The van der Waals surface area contributed by atoms with Crippen LogP contribution in [-0.2, 0) is 28.7 Å². The molecule has 0 aromatic heterocycles. The second-order valence-electron chi connectivity index (χ2n) is 14.7. The fourth-order valence-electron chi connectivity index (χ4n) is 6.66. The van der Waals surface area contributed by atoms with E-state index >= 15 is 0 Å². The number of ether oxygens (including phenoxy) is 4. The third kappa shape index (κ3) is 17.9. The van der Waals surface area contributed by atoms with Gasteiger partial charge in [0.1, 0.15) is 28.7 Å². The summed E-state index contributed by atoms with van der Waals surface area (Å²) < 4.78 is 21.4. The summed E-state index contributed by atoms with van der Waals surface area (Å²) in [5.41, 5.74) is 0.644. The minimum absolute atomic E-state index is 0.0353. The molecule has 346 valence electrons. The van der Waals surface area contributed by atoms with Crippen LogP contribution in [0.4, 0.5) is 0 Å². The van der Waals surface area contributed by atoms with Gasteiger partial charge in [0.2, 0.25) is 0 Å². The number of benzene rings is 3. The molecule has 1 unspecified atom stereocenters. The van der Waals surface area contributed by atoms with Gasteiger partial charge >= 0.3 is 29.8 Å². The lowest BCUT2D eigenvalue weighted by atomic mass is 9.98. The number of hydrogen-bond acceptors (Lipinski definition) is 12. The first-order chi connectivity index (χ1) is 32.0. The van der Waals surface area contributed by atoms with Gasteiger partial charge < -0.3 is 18.9 Å². The van der Waals surface area contributed by atoms with Crippen LogP contribution < -0.4 is 9.47 Å². The van der Waals surface area contributed by atoms with E-state index in [1.807, 2.05) is 12.2 Å². The van der Waals surface area contributed by atoms with Gasteiger partial charge in [-0.2, -0.15) is 0 Å². The van der Waals surface area contributed by atoms with E-state index in [2.05, 4.69) is 61.6 Å².